The summed E-state index contributed by atoms with van der Waals surface area (Å²) >= 11 is 6.53. The van der Waals surface area contributed by atoms with Crippen molar-refractivity contribution in [3.63, 3.8) is 0 Å². The van der Waals surface area contributed by atoms with E-state index in [1.807, 2.05) is 13.0 Å². The van der Waals surface area contributed by atoms with Gasteiger partial charge in [0.2, 0.25) is 5.91 Å². The first-order chi connectivity index (χ1) is 16.2. The number of carbonyl (C=O) groups excluding carboxylic acids is 3. The van der Waals surface area contributed by atoms with Crippen molar-refractivity contribution < 1.29 is 23.7 Å². The maximum absolute atomic E-state index is 12.7. The van der Waals surface area contributed by atoms with Crippen molar-refractivity contribution in [3.8, 4) is 11.3 Å². The number of thioether (sulfide) groups is 1. The molecule has 9 nitrogen and oxygen atoms in total. The Morgan fingerprint density at radius 1 is 1.21 bits per heavy atom. The van der Waals surface area contributed by atoms with Crippen molar-refractivity contribution in [1.29, 1.82) is 0 Å². The fourth-order valence-electron chi connectivity index (χ4n) is 3.22. The monoisotopic (exact) mass is 497 g/mol. The highest BCUT2D eigenvalue weighted by Gasteiger charge is 2.36. The van der Waals surface area contributed by atoms with Gasteiger partial charge in [-0.3, -0.25) is 29.4 Å². The lowest BCUT2D eigenvalue weighted by Gasteiger charge is -2.12. The predicted molar refractivity (Wildman–Crippen MR) is 128 cm³/mol. The van der Waals surface area contributed by atoms with Gasteiger partial charge in [0.15, 0.2) is 0 Å². The molecule has 0 radical (unpaired) electrons. The van der Waals surface area contributed by atoms with Gasteiger partial charge in [0, 0.05) is 23.4 Å². The van der Waals surface area contributed by atoms with Crippen molar-refractivity contribution in [2.24, 2.45) is 0 Å². The Bertz CT molecular complexity index is 1370. The molecule has 172 valence electrons. The second kappa shape index (κ2) is 9.54. The van der Waals surface area contributed by atoms with Crippen molar-refractivity contribution in [3.05, 3.63) is 86.0 Å². The molecule has 1 aliphatic rings. The Morgan fingerprint density at radius 2 is 2.00 bits per heavy atom. The van der Waals surface area contributed by atoms with Crippen LogP contribution in [0.2, 0.25) is 5.02 Å². The number of nitro benzene ring substituents is 1. The molecule has 1 fully saturated rings. The highest BCUT2D eigenvalue weighted by molar-refractivity contribution is 8.18. The average Bonchev–Trinajstić information content (AvgIpc) is 3.34. The molecule has 2 aromatic carbocycles. The Kier molecular flexibility index (Phi) is 6.53. The lowest BCUT2D eigenvalue weighted by atomic mass is 10.1. The quantitative estimate of drug-likeness (QED) is 0.271. The van der Waals surface area contributed by atoms with Crippen LogP contribution in [0.5, 0.6) is 0 Å². The highest BCUT2D eigenvalue weighted by atomic mass is 35.5. The lowest BCUT2D eigenvalue weighted by molar-refractivity contribution is -0.384. The van der Waals surface area contributed by atoms with Crippen LogP contribution in [-0.2, 0) is 9.59 Å². The van der Waals surface area contributed by atoms with E-state index in [2.05, 4.69) is 5.32 Å². The number of halogens is 1. The summed E-state index contributed by atoms with van der Waals surface area (Å²) in [7, 11) is 0. The largest absolute Gasteiger partial charge is 0.457 e. The summed E-state index contributed by atoms with van der Waals surface area (Å²) in [5.74, 6) is -0.529. The van der Waals surface area contributed by atoms with Crippen LogP contribution < -0.4 is 5.32 Å². The number of hydrogen-bond donors (Lipinski definition) is 1. The van der Waals surface area contributed by atoms with Gasteiger partial charge in [0.05, 0.1) is 9.83 Å². The maximum atomic E-state index is 12.7. The predicted octanol–water partition coefficient (Wildman–Crippen LogP) is 5.49. The summed E-state index contributed by atoms with van der Waals surface area (Å²) in [6.45, 7) is 1.46. The number of benzene rings is 2. The molecule has 0 bridgehead atoms. The molecule has 2 heterocycles. The van der Waals surface area contributed by atoms with E-state index in [0.29, 0.717) is 28.8 Å². The van der Waals surface area contributed by atoms with Crippen LogP contribution in [-0.4, -0.2) is 33.4 Å². The smallest absolute Gasteiger partial charge is 0.294 e. The molecular formula is C23H16ClN3O6S. The van der Waals surface area contributed by atoms with Crippen LogP contribution in [0.3, 0.4) is 0 Å². The number of rotatable bonds is 6. The van der Waals surface area contributed by atoms with E-state index in [1.165, 1.54) is 18.2 Å². The first-order valence-corrected chi connectivity index (χ1v) is 11.1. The third kappa shape index (κ3) is 5.03. The number of nitrogens with zero attached hydrogens (tertiary/aromatic N) is 2. The number of imide groups is 1. The van der Waals surface area contributed by atoms with E-state index >= 15 is 0 Å². The lowest BCUT2D eigenvalue weighted by Crippen LogP contribution is -2.36. The molecule has 3 aromatic rings. The molecule has 1 saturated heterocycles. The molecule has 11 heteroatoms. The van der Waals surface area contributed by atoms with E-state index in [0.717, 1.165) is 10.5 Å². The maximum Gasteiger partial charge on any atom is 0.294 e. The fourth-order valence-corrected chi connectivity index (χ4v) is 4.23. The summed E-state index contributed by atoms with van der Waals surface area (Å²) in [6.07, 6.45) is 1.39. The van der Waals surface area contributed by atoms with Gasteiger partial charge in [0.25, 0.3) is 16.8 Å². The van der Waals surface area contributed by atoms with Gasteiger partial charge >= 0.3 is 0 Å². The number of aryl methyl sites for hydroxylation is 1. The second-order valence-corrected chi connectivity index (χ2v) is 8.71. The molecule has 3 amide bonds. The molecule has 1 aromatic heterocycles. The zero-order chi connectivity index (χ0) is 24.4. The van der Waals surface area contributed by atoms with Crippen LogP contribution in [0.1, 0.15) is 11.3 Å². The molecule has 1 aliphatic heterocycles. The Morgan fingerprint density at radius 3 is 2.74 bits per heavy atom. The van der Waals surface area contributed by atoms with E-state index in [4.69, 9.17) is 16.0 Å². The Labute approximate surface area is 202 Å². The van der Waals surface area contributed by atoms with Gasteiger partial charge in [-0.25, -0.2) is 0 Å². The van der Waals surface area contributed by atoms with E-state index in [-0.39, 0.29) is 21.4 Å². The van der Waals surface area contributed by atoms with Gasteiger partial charge in [-0.2, -0.15) is 0 Å². The summed E-state index contributed by atoms with van der Waals surface area (Å²) in [6, 6.07) is 14.5. The molecule has 34 heavy (non-hydrogen) atoms. The van der Waals surface area contributed by atoms with Crippen LogP contribution in [0.15, 0.2) is 63.9 Å². The van der Waals surface area contributed by atoms with Gasteiger partial charge < -0.3 is 9.73 Å². The summed E-state index contributed by atoms with van der Waals surface area (Å²) in [5, 5.41) is 13.2. The Balaban J connectivity index is 1.47. The van der Waals surface area contributed by atoms with Gasteiger partial charge in [0.1, 0.15) is 23.1 Å². The van der Waals surface area contributed by atoms with Gasteiger partial charge in [-0.05, 0) is 60.6 Å². The number of nitro groups is 1. The van der Waals surface area contributed by atoms with Crippen molar-refractivity contribution in [1.82, 2.24) is 4.90 Å². The average molecular weight is 498 g/mol. The Hall–Kier alpha value is -3.89. The summed E-state index contributed by atoms with van der Waals surface area (Å²) in [4.78, 5) is 48.8. The summed E-state index contributed by atoms with van der Waals surface area (Å²) < 4.78 is 5.68. The minimum absolute atomic E-state index is 0.000592. The van der Waals surface area contributed by atoms with Crippen LogP contribution in [0.25, 0.3) is 17.4 Å². The minimum Gasteiger partial charge on any atom is -0.457 e. The zero-order valence-electron chi connectivity index (χ0n) is 17.6. The first kappa shape index (κ1) is 23.3. The third-order valence-electron chi connectivity index (χ3n) is 4.80. The number of furan rings is 1. The van der Waals surface area contributed by atoms with E-state index in [9.17, 15) is 24.5 Å². The third-order valence-corrected chi connectivity index (χ3v) is 6.03. The molecule has 1 N–H and O–H groups in total. The van der Waals surface area contributed by atoms with Crippen LogP contribution >= 0.6 is 23.4 Å². The van der Waals surface area contributed by atoms with Crippen LogP contribution in [0, 0.1) is 17.0 Å². The van der Waals surface area contributed by atoms with Crippen molar-refractivity contribution in [2.75, 3.05) is 11.9 Å². The molecule has 0 atom stereocenters. The standard InChI is InChI=1S/C23H16ClN3O6S/c1-13-3-2-4-15(9-13)25-21(28)12-26-22(29)20(34-23(26)30)11-16-6-8-19(33-16)14-5-7-17(24)18(10-14)27(31)32/h2-11H,12H2,1H3,(H,25,28)/b20-11-. The fraction of sp³-hybridized carbons (Fsp3) is 0.0870. The number of carbonyl (C=O) groups is 3. The second-order valence-electron chi connectivity index (χ2n) is 7.31. The highest BCUT2D eigenvalue weighted by Crippen LogP contribution is 2.34. The van der Waals surface area contributed by atoms with Gasteiger partial charge in [-0.15, -0.1) is 0 Å². The number of amides is 3. The molecule has 0 aliphatic carbocycles. The van der Waals surface area contributed by atoms with E-state index in [1.54, 1.807) is 36.4 Å². The van der Waals surface area contributed by atoms with Gasteiger partial charge in [-0.1, -0.05) is 23.7 Å². The molecule has 4 rings (SSSR count). The minimum atomic E-state index is -0.616. The molecule has 0 saturated carbocycles. The van der Waals surface area contributed by atoms with Crippen molar-refractivity contribution in [2.45, 2.75) is 6.92 Å². The number of hydrogen-bond acceptors (Lipinski definition) is 7. The van der Waals surface area contributed by atoms with Crippen molar-refractivity contribution >= 4 is 57.9 Å². The molecule has 0 spiro atoms. The summed E-state index contributed by atoms with van der Waals surface area (Å²) in [5.41, 5.74) is 1.69. The van der Waals surface area contributed by atoms with Crippen LogP contribution in [0.4, 0.5) is 16.2 Å². The SMILES string of the molecule is Cc1cccc(NC(=O)CN2C(=O)S/C(=C\c3ccc(-c4ccc(Cl)c([N+](=O)[O-])c4)o3)C2=O)c1. The van der Waals surface area contributed by atoms with E-state index < -0.39 is 28.5 Å². The zero-order valence-corrected chi connectivity index (χ0v) is 19.2. The molecule has 0 unspecified atom stereocenters. The topological polar surface area (TPSA) is 123 Å². The first-order valence-electron chi connectivity index (χ1n) is 9.87. The normalized spacial score (nSPS) is 14.6. The number of nitrogens with one attached hydrogen (secondary N) is 1. The molecular weight excluding hydrogens is 482 g/mol. The number of anilines is 1.